The molecule has 7 heteroatoms. The zero-order chi connectivity index (χ0) is 22.2. The van der Waals surface area contributed by atoms with Crippen molar-refractivity contribution < 1.29 is 23.9 Å². The van der Waals surface area contributed by atoms with E-state index in [0.29, 0.717) is 23.3 Å². The molecule has 1 aromatic rings. The molecule has 0 aromatic heterocycles. The van der Waals surface area contributed by atoms with Gasteiger partial charge in [0.05, 0.1) is 18.8 Å². The number of carbonyl (C=O) groups is 3. The number of esters is 2. The monoisotopic (exact) mass is 475 g/mol. The molecule has 3 atom stereocenters. The molecule has 0 saturated heterocycles. The molecule has 0 spiro atoms. The molecule has 2 aliphatic rings. The van der Waals surface area contributed by atoms with E-state index in [4.69, 9.17) is 9.47 Å². The molecule has 0 amide bonds. The van der Waals surface area contributed by atoms with E-state index in [1.807, 2.05) is 38.1 Å². The van der Waals surface area contributed by atoms with Crippen molar-refractivity contribution in [2.75, 3.05) is 7.11 Å². The van der Waals surface area contributed by atoms with Crippen molar-refractivity contribution in [2.45, 2.75) is 46.1 Å². The van der Waals surface area contributed by atoms with E-state index in [2.05, 4.69) is 21.2 Å². The maximum atomic E-state index is 13.6. The SMILES string of the molecule is COC(=O)[C@@H]1C(=O)C2=C(C[C@H]1C)NC(C)=C(C(=O)OC(C)C)[C@H]2c1ccccc1Br. The van der Waals surface area contributed by atoms with Crippen molar-refractivity contribution in [1.29, 1.82) is 0 Å². The van der Waals surface area contributed by atoms with Crippen LogP contribution in [0, 0.1) is 11.8 Å². The molecule has 1 N–H and O–H groups in total. The fourth-order valence-electron chi connectivity index (χ4n) is 4.25. The van der Waals surface area contributed by atoms with Crippen LogP contribution in [-0.4, -0.2) is 30.9 Å². The number of ketones is 1. The topological polar surface area (TPSA) is 81.7 Å². The average molecular weight is 476 g/mol. The third-order valence-electron chi connectivity index (χ3n) is 5.52. The van der Waals surface area contributed by atoms with Gasteiger partial charge in [0.2, 0.25) is 0 Å². The van der Waals surface area contributed by atoms with E-state index >= 15 is 0 Å². The van der Waals surface area contributed by atoms with Gasteiger partial charge >= 0.3 is 11.9 Å². The van der Waals surface area contributed by atoms with Crippen molar-refractivity contribution in [3.05, 3.63) is 56.8 Å². The first-order valence-corrected chi connectivity index (χ1v) is 10.7. The van der Waals surface area contributed by atoms with Gasteiger partial charge in [-0.15, -0.1) is 0 Å². The van der Waals surface area contributed by atoms with Gasteiger partial charge in [0, 0.05) is 27.4 Å². The Labute approximate surface area is 184 Å². The van der Waals surface area contributed by atoms with Gasteiger partial charge in [-0.3, -0.25) is 9.59 Å². The Morgan fingerprint density at radius 1 is 1.23 bits per heavy atom. The summed E-state index contributed by atoms with van der Waals surface area (Å²) in [4.78, 5) is 39.0. The molecule has 0 fully saturated rings. The van der Waals surface area contributed by atoms with E-state index in [1.165, 1.54) is 7.11 Å². The summed E-state index contributed by atoms with van der Waals surface area (Å²) in [6.45, 7) is 7.23. The lowest BCUT2D eigenvalue weighted by Gasteiger charge is -2.38. The van der Waals surface area contributed by atoms with Crippen molar-refractivity contribution in [3.8, 4) is 0 Å². The molecular weight excluding hydrogens is 450 g/mol. The number of Topliss-reactive ketones (excluding diaryl/α,β-unsaturated/α-hetero) is 1. The number of carbonyl (C=O) groups excluding carboxylic acids is 3. The fourth-order valence-corrected chi connectivity index (χ4v) is 4.76. The van der Waals surface area contributed by atoms with Gasteiger partial charge in [-0.2, -0.15) is 0 Å². The second-order valence-corrected chi connectivity index (χ2v) is 8.87. The average Bonchev–Trinajstić information content (AvgIpc) is 2.66. The van der Waals surface area contributed by atoms with E-state index in [1.54, 1.807) is 13.8 Å². The van der Waals surface area contributed by atoms with E-state index in [-0.39, 0.29) is 17.8 Å². The van der Waals surface area contributed by atoms with Crippen LogP contribution in [-0.2, 0) is 23.9 Å². The van der Waals surface area contributed by atoms with Crippen LogP contribution in [0.4, 0.5) is 0 Å². The van der Waals surface area contributed by atoms with Crippen LogP contribution < -0.4 is 5.32 Å². The number of hydrogen-bond acceptors (Lipinski definition) is 6. The van der Waals surface area contributed by atoms with Gasteiger partial charge in [-0.1, -0.05) is 41.1 Å². The maximum Gasteiger partial charge on any atom is 0.337 e. The standard InChI is InChI=1S/C23H26BrNO5/c1-11(2)30-23(28)18-13(4)25-16-10-12(3)17(22(27)29-5)21(26)20(16)19(18)14-8-6-7-9-15(14)24/h6-9,11-12,17,19,25H,10H2,1-5H3/t12-,17+,19-/m1/s1. The van der Waals surface area contributed by atoms with Gasteiger partial charge in [-0.05, 0) is 44.7 Å². The Kier molecular flexibility index (Phi) is 6.50. The van der Waals surface area contributed by atoms with Crippen molar-refractivity contribution in [3.63, 3.8) is 0 Å². The molecule has 0 saturated carbocycles. The highest BCUT2D eigenvalue weighted by molar-refractivity contribution is 9.10. The molecular formula is C23H26BrNO5. The second-order valence-electron chi connectivity index (χ2n) is 8.01. The van der Waals surface area contributed by atoms with Gasteiger partial charge in [0.25, 0.3) is 0 Å². The van der Waals surface area contributed by atoms with E-state index in [9.17, 15) is 14.4 Å². The Morgan fingerprint density at radius 2 is 1.90 bits per heavy atom. The molecule has 1 aliphatic carbocycles. The first-order chi connectivity index (χ1) is 14.2. The predicted molar refractivity (Wildman–Crippen MR) is 115 cm³/mol. The number of rotatable bonds is 4. The number of methoxy groups -OCH3 is 1. The molecule has 1 aromatic carbocycles. The highest BCUT2D eigenvalue weighted by Gasteiger charge is 2.47. The quantitative estimate of drug-likeness (QED) is 0.523. The maximum absolute atomic E-state index is 13.6. The summed E-state index contributed by atoms with van der Waals surface area (Å²) in [5.41, 5.74) is 2.97. The van der Waals surface area contributed by atoms with Crippen LogP contribution in [0.25, 0.3) is 0 Å². The molecule has 0 unspecified atom stereocenters. The predicted octanol–water partition coefficient (Wildman–Crippen LogP) is 4.01. The molecule has 1 heterocycles. The lowest BCUT2D eigenvalue weighted by Crippen LogP contribution is -2.43. The Bertz CT molecular complexity index is 962. The van der Waals surface area contributed by atoms with Crippen molar-refractivity contribution in [2.24, 2.45) is 11.8 Å². The lowest BCUT2D eigenvalue weighted by molar-refractivity contribution is -0.151. The summed E-state index contributed by atoms with van der Waals surface area (Å²) in [7, 11) is 1.28. The minimum absolute atomic E-state index is 0.215. The fraction of sp³-hybridized carbons (Fsp3) is 0.435. The number of dihydropyridines is 1. The molecule has 30 heavy (non-hydrogen) atoms. The Balaban J connectivity index is 2.21. The zero-order valence-electron chi connectivity index (χ0n) is 17.7. The molecule has 0 radical (unpaired) electrons. The normalized spacial score (nSPS) is 23.8. The molecule has 1 aliphatic heterocycles. The summed E-state index contributed by atoms with van der Waals surface area (Å²) < 4.78 is 11.2. The molecule has 160 valence electrons. The van der Waals surface area contributed by atoms with Crippen LogP contribution in [0.15, 0.2) is 51.3 Å². The highest BCUT2D eigenvalue weighted by Crippen LogP contribution is 2.47. The van der Waals surface area contributed by atoms with Crippen LogP contribution in [0.3, 0.4) is 0 Å². The summed E-state index contributed by atoms with van der Waals surface area (Å²) in [5.74, 6) is -3.11. The van der Waals surface area contributed by atoms with E-state index in [0.717, 1.165) is 15.7 Å². The number of halogens is 1. The lowest BCUT2D eigenvalue weighted by atomic mass is 9.69. The number of benzene rings is 1. The highest BCUT2D eigenvalue weighted by atomic mass is 79.9. The number of hydrogen-bond donors (Lipinski definition) is 1. The second kappa shape index (κ2) is 8.76. The van der Waals surface area contributed by atoms with Gasteiger partial charge in [0.1, 0.15) is 5.92 Å². The Hall–Kier alpha value is -2.41. The van der Waals surface area contributed by atoms with Crippen LogP contribution >= 0.6 is 15.9 Å². The third kappa shape index (κ3) is 3.95. The molecule has 0 bridgehead atoms. The first kappa shape index (κ1) is 22.3. The molecule has 3 rings (SSSR count). The number of ether oxygens (including phenoxy) is 2. The Morgan fingerprint density at radius 3 is 2.50 bits per heavy atom. The molecule has 6 nitrogen and oxygen atoms in total. The smallest absolute Gasteiger partial charge is 0.337 e. The zero-order valence-corrected chi connectivity index (χ0v) is 19.3. The largest absolute Gasteiger partial charge is 0.468 e. The summed E-state index contributed by atoms with van der Waals surface area (Å²) >= 11 is 3.56. The van der Waals surface area contributed by atoms with Crippen LogP contribution in [0.1, 0.15) is 45.6 Å². The summed E-state index contributed by atoms with van der Waals surface area (Å²) in [6.07, 6.45) is 0.198. The first-order valence-electron chi connectivity index (χ1n) is 9.95. The van der Waals surface area contributed by atoms with Gasteiger partial charge in [0.15, 0.2) is 5.78 Å². The minimum Gasteiger partial charge on any atom is -0.468 e. The minimum atomic E-state index is -0.902. The summed E-state index contributed by atoms with van der Waals surface area (Å²) in [5, 5.41) is 3.25. The van der Waals surface area contributed by atoms with E-state index < -0.39 is 23.8 Å². The van der Waals surface area contributed by atoms with Gasteiger partial charge in [-0.25, -0.2) is 4.79 Å². The number of nitrogens with one attached hydrogen (secondary N) is 1. The van der Waals surface area contributed by atoms with Gasteiger partial charge < -0.3 is 14.8 Å². The number of allylic oxidation sites excluding steroid dienone is 3. The summed E-state index contributed by atoms with van der Waals surface area (Å²) in [6, 6.07) is 7.47. The van der Waals surface area contributed by atoms with Crippen LogP contribution in [0.5, 0.6) is 0 Å². The van der Waals surface area contributed by atoms with Crippen molar-refractivity contribution >= 4 is 33.7 Å². The third-order valence-corrected chi connectivity index (χ3v) is 6.24. The van der Waals surface area contributed by atoms with Crippen molar-refractivity contribution in [1.82, 2.24) is 5.32 Å². The van der Waals surface area contributed by atoms with Crippen LogP contribution in [0.2, 0.25) is 0 Å².